The quantitative estimate of drug-likeness (QED) is 0.224. The number of nitrogens with zero attached hydrogens (tertiary/aromatic N) is 2. The molecule has 0 aliphatic heterocycles. The van der Waals surface area contributed by atoms with E-state index in [4.69, 9.17) is 0 Å². The molecule has 4 nitrogen and oxygen atoms in total. The molecule has 2 heterocycles. The Bertz CT molecular complexity index is 1600. The van der Waals surface area contributed by atoms with Gasteiger partial charge in [0.1, 0.15) is 5.69 Å². The second kappa shape index (κ2) is 15.2. The summed E-state index contributed by atoms with van der Waals surface area (Å²) in [5, 5.41) is 4.48. The third kappa shape index (κ3) is 8.20. The summed E-state index contributed by atoms with van der Waals surface area (Å²) in [5.74, 6) is 0.0139. The van der Waals surface area contributed by atoms with Crippen molar-refractivity contribution in [2.75, 3.05) is 7.05 Å². The molecule has 1 saturated carbocycles. The molecule has 2 aromatic heterocycles. The number of hydrogen-bond donors (Lipinski definition) is 1. The number of Topliss-reactive ketones (excluding diaryl/α,β-unsaturated/α-hetero) is 1. The minimum absolute atomic E-state index is 0.0139. The van der Waals surface area contributed by atoms with E-state index in [1.165, 1.54) is 72.2 Å². The Morgan fingerprint density at radius 1 is 0.738 bits per heavy atom. The van der Waals surface area contributed by atoms with Gasteiger partial charge in [0.05, 0.1) is 5.52 Å². The number of aromatic nitrogens is 2. The van der Waals surface area contributed by atoms with Crippen LogP contribution >= 0.6 is 0 Å². The average molecular weight is 558 g/mol. The van der Waals surface area contributed by atoms with E-state index >= 15 is 0 Å². The van der Waals surface area contributed by atoms with Crippen LogP contribution in [0.15, 0.2) is 97.3 Å². The Morgan fingerprint density at radius 3 is 2.10 bits per heavy atom. The lowest BCUT2D eigenvalue weighted by atomic mass is 9.89. The molecule has 4 heteroatoms. The summed E-state index contributed by atoms with van der Waals surface area (Å²) in [6.45, 7) is 7.80. The second-order valence-electron chi connectivity index (χ2n) is 11.1. The Kier molecular flexibility index (Phi) is 11.1. The van der Waals surface area contributed by atoms with Crippen LogP contribution in [0, 0.1) is 20.8 Å². The van der Waals surface area contributed by atoms with Gasteiger partial charge in [0.2, 0.25) is 0 Å². The highest BCUT2D eigenvalue weighted by molar-refractivity contribution is 5.92. The Hall–Kier alpha value is -4.15. The first-order valence-electron chi connectivity index (χ1n) is 15.0. The third-order valence-corrected chi connectivity index (χ3v) is 7.87. The van der Waals surface area contributed by atoms with Crippen LogP contribution in [0.1, 0.15) is 66.2 Å². The molecule has 1 fully saturated rings. The summed E-state index contributed by atoms with van der Waals surface area (Å²) in [5.41, 5.74) is 10.2. The van der Waals surface area contributed by atoms with Gasteiger partial charge < -0.3 is 5.32 Å². The third-order valence-electron chi connectivity index (χ3n) is 7.87. The molecular formula is C38H43N3O. The van der Waals surface area contributed by atoms with E-state index in [2.05, 4.69) is 103 Å². The predicted octanol–water partition coefficient (Wildman–Crippen LogP) is 9.32. The maximum absolute atomic E-state index is 10.7. The molecule has 1 N–H and O–H groups in total. The monoisotopic (exact) mass is 557 g/mol. The fraction of sp³-hybridized carbons (Fsp3) is 0.289. The van der Waals surface area contributed by atoms with Gasteiger partial charge in [0, 0.05) is 36.3 Å². The maximum atomic E-state index is 10.7. The number of rotatable bonds is 4. The van der Waals surface area contributed by atoms with Crippen LogP contribution in [0.2, 0.25) is 0 Å². The number of hydrogen-bond acceptors (Lipinski definition) is 4. The van der Waals surface area contributed by atoms with Gasteiger partial charge in [-0.1, -0.05) is 86.0 Å². The van der Waals surface area contributed by atoms with Gasteiger partial charge in [-0.15, -0.1) is 0 Å². The van der Waals surface area contributed by atoms with Crippen molar-refractivity contribution in [3.63, 3.8) is 0 Å². The van der Waals surface area contributed by atoms with Gasteiger partial charge in [0.15, 0.2) is 5.78 Å². The first-order valence-corrected chi connectivity index (χ1v) is 15.0. The number of carbonyl (C=O) groups is 1. The van der Waals surface area contributed by atoms with Crippen LogP contribution in [0.4, 0.5) is 0 Å². The summed E-state index contributed by atoms with van der Waals surface area (Å²) in [4.78, 5) is 19.3. The van der Waals surface area contributed by atoms with E-state index in [1.54, 1.807) is 12.3 Å². The molecule has 216 valence electrons. The van der Waals surface area contributed by atoms with Crippen LogP contribution < -0.4 is 5.32 Å². The molecule has 6 rings (SSSR count). The minimum Gasteiger partial charge on any atom is -0.317 e. The van der Waals surface area contributed by atoms with Crippen molar-refractivity contribution in [2.45, 2.75) is 65.8 Å². The molecule has 0 unspecified atom stereocenters. The van der Waals surface area contributed by atoms with Crippen molar-refractivity contribution in [3.05, 3.63) is 120 Å². The molecule has 1 aliphatic carbocycles. The van der Waals surface area contributed by atoms with Gasteiger partial charge in [-0.25, -0.2) is 0 Å². The van der Waals surface area contributed by atoms with Crippen molar-refractivity contribution in [2.24, 2.45) is 0 Å². The lowest BCUT2D eigenvalue weighted by Gasteiger charge is -2.20. The number of benzene rings is 3. The number of ketones is 1. The topological polar surface area (TPSA) is 54.9 Å². The molecule has 0 radical (unpaired) electrons. The van der Waals surface area contributed by atoms with E-state index in [0.29, 0.717) is 5.69 Å². The van der Waals surface area contributed by atoms with Gasteiger partial charge in [-0.05, 0) is 92.2 Å². The largest absolute Gasteiger partial charge is 0.317 e. The van der Waals surface area contributed by atoms with E-state index in [1.807, 2.05) is 25.3 Å². The predicted molar refractivity (Wildman–Crippen MR) is 177 cm³/mol. The normalized spacial score (nSPS) is 13.0. The number of para-hydroxylation sites is 1. The van der Waals surface area contributed by atoms with Gasteiger partial charge in [-0.3, -0.25) is 14.8 Å². The highest BCUT2D eigenvalue weighted by Crippen LogP contribution is 2.36. The fourth-order valence-electron chi connectivity index (χ4n) is 5.40. The van der Waals surface area contributed by atoms with E-state index in [-0.39, 0.29) is 5.78 Å². The van der Waals surface area contributed by atoms with Crippen LogP contribution in [0.25, 0.3) is 33.2 Å². The first-order chi connectivity index (χ1) is 20.4. The van der Waals surface area contributed by atoms with Gasteiger partial charge in [-0.2, -0.15) is 0 Å². The second-order valence-corrected chi connectivity index (χ2v) is 11.1. The highest BCUT2D eigenvalue weighted by Gasteiger charge is 2.13. The standard InChI is InChI=1S/C23H19N.C8H9NO.C7H15N/c1-16-8-3-5-11-20(16)23-17(2)9-7-12-21(23)19-14-18-10-4-6-13-22(18)24-15-19;1-6-3-4-8(7(2)10)9-5-6;1-8-7-5-3-2-4-6-7/h3-15H,1-2H3;3-5H,1-2H3;7-8H,2-6H2,1H3. The zero-order valence-corrected chi connectivity index (χ0v) is 25.7. The number of aryl methyl sites for hydroxylation is 3. The summed E-state index contributed by atoms with van der Waals surface area (Å²) in [6.07, 6.45) is 10.8. The van der Waals surface area contributed by atoms with Crippen molar-refractivity contribution in [1.82, 2.24) is 15.3 Å². The summed E-state index contributed by atoms with van der Waals surface area (Å²) < 4.78 is 0. The summed E-state index contributed by atoms with van der Waals surface area (Å²) in [6, 6.07) is 30.0. The molecular weight excluding hydrogens is 514 g/mol. The molecule has 0 amide bonds. The van der Waals surface area contributed by atoms with Gasteiger partial charge >= 0.3 is 0 Å². The van der Waals surface area contributed by atoms with Crippen molar-refractivity contribution < 1.29 is 4.79 Å². The highest BCUT2D eigenvalue weighted by atomic mass is 16.1. The number of nitrogens with one attached hydrogen (secondary N) is 1. The molecule has 5 aromatic rings. The molecule has 3 aromatic carbocycles. The zero-order chi connectivity index (χ0) is 29.9. The van der Waals surface area contributed by atoms with Crippen LogP contribution in [0.5, 0.6) is 0 Å². The summed E-state index contributed by atoms with van der Waals surface area (Å²) >= 11 is 0. The SMILES string of the molecule is CC(=O)c1ccc(C)cn1.CNC1CCCCC1.Cc1ccccc1-c1c(C)cccc1-c1cnc2ccccc2c1. The van der Waals surface area contributed by atoms with Crippen molar-refractivity contribution in [1.29, 1.82) is 0 Å². The summed E-state index contributed by atoms with van der Waals surface area (Å²) in [7, 11) is 2.07. The minimum atomic E-state index is 0.0139. The lowest BCUT2D eigenvalue weighted by Crippen LogP contribution is -2.26. The average Bonchev–Trinajstić information content (AvgIpc) is 3.02. The number of fused-ring (bicyclic) bond motifs is 1. The van der Waals surface area contributed by atoms with Crippen molar-refractivity contribution >= 4 is 16.7 Å². The van der Waals surface area contributed by atoms with E-state index in [9.17, 15) is 4.79 Å². The Labute approximate surface area is 251 Å². The van der Waals surface area contributed by atoms with E-state index in [0.717, 1.165) is 22.7 Å². The smallest absolute Gasteiger partial charge is 0.178 e. The van der Waals surface area contributed by atoms with Crippen molar-refractivity contribution in [3.8, 4) is 22.3 Å². The van der Waals surface area contributed by atoms with Gasteiger partial charge in [0.25, 0.3) is 0 Å². The number of pyridine rings is 2. The zero-order valence-electron chi connectivity index (χ0n) is 25.7. The molecule has 42 heavy (non-hydrogen) atoms. The Morgan fingerprint density at radius 2 is 1.43 bits per heavy atom. The molecule has 0 spiro atoms. The van der Waals surface area contributed by atoms with Crippen LogP contribution in [-0.2, 0) is 0 Å². The molecule has 0 bridgehead atoms. The van der Waals surface area contributed by atoms with E-state index < -0.39 is 0 Å². The van der Waals surface area contributed by atoms with Crippen LogP contribution in [-0.4, -0.2) is 28.8 Å². The first kappa shape index (κ1) is 30.8. The Balaban J connectivity index is 0.000000184. The molecule has 1 aliphatic rings. The molecule has 0 saturated heterocycles. The molecule has 0 atom stereocenters. The maximum Gasteiger partial charge on any atom is 0.178 e. The van der Waals surface area contributed by atoms with Crippen LogP contribution in [0.3, 0.4) is 0 Å². The fourth-order valence-corrected chi connectivity index (χ4v) is 5.40. The number of carbonyl (C=O) groups excluding carboxylic acids is 1. The lowest BCUT2D eigenvalue weighted by molar-refractivity contribution is 0.101.